The Morgan fingerprint density at radius 2 is 1.78 bits per heavy atom. The Bertz CT molecular complexity index is 1630. The number of thiocarbonyl (C=S) groups is 1. The first kappa shape index (κ1) is 22.7. The molecule has 3 aromatic rings. The first-order valence-electron chi connectivity index (χ1n) is 11.4. The van der Waals surface area contributed by atoms with Crippen LogP contribution in [0.2, 0.25) is 0 Å². The molecule has 0 radical (unpaired) electrons. The molecule has 36 heavy (non-hydrogen) atoms. The van der Waals surface area contributed by atoms with E-state index in [1.807, 2.05) is 63.2 Å². The van der Waals surface area contributed by atoms with Gasteiger partial charge in [-0.1, -0.05) is 66.5 Å². The van der Waals surface area contributed by atoms with E-state index in [4.69, 9.17) is 17.0 Å². The number of allylic oxidation sites excluding steroid dienone is 1. The van der Waals surface area contributed by atoms with E-state index in [2.05, 4.69) is 5.32 Å². The third kappa shape index (κ3) is 3.32. The van der Waals surface area contributed by atoms with Crippen molar-refractivity contribution in [2.75, 3.05) is 4.90 Å². The number of nitrogens with one attached hydrogen (secondary N) is 1. The minimum atomic E-state index is -0.605. The summed E-state index contributed by atoms with van der Waals surface area (Å²) in [6, 6.07) is 16.6. The van der Waals surface area contributed by atoms with Crippen molar-refractivity contribution in [3.8, 4) is 5.75 Å². The van der Waals surface area contributed by atoms with Gasteiger partial charge in [-0.3, -0.25) is 14.5 Å². The van der Waals surface area contributed by atoms with Crippen LogP contribution in [0, 0.1) is 0 Å². The summed E-state index contributed by atoms with van der Waals surface area (Å²) in [6.07, 6.45) is 2.01. The second-order valence-corrected chi connectivity index (χ2v) is 11.1. The van der Waals surface area contributed by atoms with Gasteiger partial charge in [0.05, 0.1) is 27.3 Å². The van der Waals surface area contributed by atoms with Crippen LogP contribution in [0.5, 0.6) is 5.75 Å². The van der Waals surface area contributed by atoms with Gasteiger partial charge in [0.15, 0.2) is 0 Å². The lowest BCUT2D eigenvalue weighted by Crippen LogP contribution is -2.46. The Hall–Kier alpha value is -3.75. The van der Waals surface area contributed by atoms with E-state index in [1.54, 1.807) is 23.1 Å². The maximum atomic E-state index is 13.7. The van der Waals surface area contributed by atoms with Gasteiger partial charge in [-0.05, 0) is 55.3 Å². The van der Waals surface area contributed by atoms with Crippen molar-refractivity contribution in [1.29, 1.82) is 0 Å². The van der Waals surface area contributed by atoms with Crippen LogP contribution in [0.1, 0.15) is 42.3 Å². The van der Waals surface area contributed by atoms with Crippen LogP contribution in [0.15, 0.2) is 65.6 Å². The highest BCUT2D eigenvalue weighted by Crippen LogP contribution is 2.52. The number of fused-ring (bicyclic) bond motifs is 1. The van der Waals surface area contributed by atoms with Gasteiger partial charge in [-0.25, -0.2) is 4.79 Å². The number of anilines is 1. The number of amides is 2. The van der Waals surface area contributed by atoms with Crippen LogP contribution >= 0.6 is 24.0 Å². The molecule has 6 nitrogen and oxygen atoms in total. The molecule has 1 saturated heterocycles. The Labute approximate surface area is 217 Å². The predicted molar refractivity (Wildman–Crippen MR) is 146 cm³/mol. The summed E-state index contributed by atoms with van der Waals surface area (Å²) in [5.74, 6) is -0.878. The zero-order valence-electron chi connectivity index (χ0n) is 19.7. The Morgan fingerprint density at radius 1 is 1.06 bits per heavy atom. The largest absolute Gasteiger partial charge is 0.423 e. The Kier molecular flexibility index (Phi) is 4.97. The normalized spacial score (nSPS) is 19.9. The molecule has 0 atom stereocenters. The maximum absolute atomic E-state index is 13.7. The predicted octanol–water partition coefficient (Wildman–Crippen LogP) is 5.46. The number of nitrogens with zero attached hydrogens (tertiary/aromatic N) is 1. The molecule has 3 aliphatic heterocycles. The molecule has 0 unspecified atom stereocenters. The molecule has 3 aromatic carbocycles. The molecule has 3 heterocycles. The summed E-state index contributed by atoms with van der Waals surface area (Å²) in [4.78, 5) is 41.7. The average Bonchev–Trinajstić information content (AvgIpc) is 3.31. The number of hydrogen-bond acceptors (Lipinski definition) is 6. The number of carbonyl (C=O) groups excluding carboxylic acids is 3. The zero-order valence-corrected chi connectivity index (χ0v) is 21.3. The van der Waals surface area contributed by atoms with Gasteiger partial charge >= 0.3 is 5.97 Å². The summed E-state index contributed by atoms with van der Waals surface area (Å²) in [5, 5.41) is 4.33. The topological polar surface area (TPSA) is 75.7 Å². The van der Waals surface area contributed by atoms with Crippen LogP contribution in [-0.4, -0.2) is 27.6 Å². The number of rotatable bonds is 2. The van der Waals surface area contributed by atoms with E-state index in [0.717, 1.165) is 33.7 Å². The third-order valence-electron chi connectivity index (χ3n) is 6.63. The van der Waals surface area contributed by atoms with E-state index < -0.39 is 17.4 Å². The monoisotopic (exact) mass is 512 g/mol. The Morgan fingerprint density at radius 3 is 2.53 bits per heavy atom. The number of ether oxygens (including phenoxy) is 1. The van der Waals surface area contributed by atoms with Crippen LogP contribution in [0.4, 0.5) is 5.69 Å². The number of hydrogen-bond donors (Lipinski definition) is 1. The maximum Gasteiger partial charge on any atom is 0.344 e. The van der Waals surface area contributed by atoms with Crippen LogP contribution in [0.25, 0.3) is 21.9 Å². The molecular weight excluding hydrogens is 492 g/mol. The van der Waals surface area contributed by atoms with Crippen LogP contribution in [0.3, 0.4) is 0 Å². The zero-order chi connectivity index (χ0) is 25.4. The Balaban J connectivity index is 1.52. The highest BCUT2D eigenvalue weighted by Gasteiger charge is 2.47. The summed E-state index contributed by atoms with van der Waals surface area (Å²) < 4.78 is 6.18. The smallest absolute Gasteiger partial charge is 0.344 e. The average molecular weight is 513 g/mol. The molecule has 0 aromatic heterocycles. The van der Waals surface area contributed by atoms with E-state index in [-0.39, 0.29) is 16.4 Å². The molecule has 0 bridgehead atoms. The van der Waals surface area contributed by atoms with Crippen molar-refractivity contribution in [3.63, 3.8) is 0 Å². The fraction of sp³-hybridized carbons (Fsp3) is 0.143. The van der Waals surface area contributed by atoms with Crippen molar-refractivity contribution in [2.45, 2.75) is 26.3 Å². The van der Waals surface area contributed by atoms with Crippen LogP contribution < -0.4 is 15.0 Å². The lowest BCUT2D eigenvalue weighted by atomic mass is 9.89. The fourth-order valence-electron chi connectivity index (χ4n) is 5.21. The number of carbonyl (C=O) groups is 3. The molecule has 1 fully saturated rings. The summed E-state index contributed by atoms with van der Waals surface area (Å²) in [7, 11) is 0. The molecular formula is C28H20N2O4S2. The van der Waals surface area contributed by atoms with Crippen molar-refractivity contribution in [3.05, 3.63) is 82.3 Å². The minimum absolute atomic E-state index is 0.257. The molecule has 8 heteroatoms. The highest BCUT2D eigenvalue weighted by atomic mass is 32.2. The van der Waals surface area contributed by atoms with Crippen molar-refractivity contribution < 1.29 is 19.1 Å². The number of esters is 1. The second kappa shape index (κ2) is 7.88. The molecule has 6 rings (SSSR count). The first-order valence-corrected chi connectivity index (χ1v) is 12.6. The van der Waals surface area contributed by atoms with Gasteiger partial charge in [0.2, 0.25) is 0 Å². The molecule has 0 spiro atoms. The van der Waals surface area contributed by atoms with Crippen LogP contribution in [-0.2, 0) is 9.59 Å². The van der Waals surface area contributed by atoms with E-state index in [0.29, 0.717) is 26.9 Å². The number of thioether (sulfide) groups is 1. The second-order valence-electron chi connectivity index (χ2n) is 9.45. The molecule has 1 N–H and O–H groups in total. The third-order valence-corrected chi connectivity index (χ3v) is 7.86. The SMILES string of the molecule is CC1=CC(C)(C)N2C(=O)/C(=C3\SC(=S)NC3=O)c3cc(OC(=O)c4cccc5ccccc45)cc1c32. The van der Waals surface area contributed by atoms with E-state index in [1.165, 1.54) is 0 Å². The summed E-state index contributed by atoms with van der Waals surface area (Å²) >= 11 is 6.25. The molecule has 0 saturated carbocycles. The molecule has 2 amide bonds. The summed E-state index contributed by atoms with van der Waals surface area (Å²) in [5.41, 5.74) is 3.11. The highest BCUT2D eigenvalue weighted by molar-refractivity contribution is 8.27. The lowest BCUT2D eigenvalue weighted by molar-refractivity contribution is -0.116. The van der Waals surface area contributed by atoms with Gasteiger partial charge in [0, 0.05) is 11.1 Å². The lowest BCUT2D eigenvalue weighted by Gasteiger charge is -2.38. The van der Waals surface area contributed by atoms with E-state index in [9.17, 15) is 14.4 Å². The molecule has 178 valence electrons. The number of benzene rings is 3. The van der Waals surface area contributed by atoms with E-state index >= 15 is 0 Å². The van der Waals surface area contributed by atoms with Gasteiger partial charge in [-0.2, -0.15) is 0 Å². The quantitative estimate of drug-likeness (QED) is 0.213. The van der Waals surface area contributed by atoms with Gasteiger partial charge in [0.25, 0.3) is 11.8 Å². The fourth-order valence-corrected chi connectivity index (χ4v) is 6.33. The molecule has 0 aliphatic carbocycles. The van der Waals surface area contributed by atoms with Crippen molar-refractivity contribution in [1.82, 2.24) is 5.32 Å². The van der Waals surface area contributed by atoms with Gasteiger partial charge < -0.3 is 10.1 Å². The standard InChI is InChI=1S/C28H20N2O4S2/c1-14-13-28(2,3)30-22-19(14)11-16(12-20(22)21(25(30)32)23-24(31)29-27(35)36-23)34-26(33)18-10-6-8-15-7-4-5-9-17(15)18/h4-13H,1-3H3,(H,29,31,35)/b23-21-. The van der Waals surface area contributed by atoms with Gasteiger partial charge in [0.1, 0.15) is 10.1 Å². The minimum Gasteiger partial charge on any atom is -0.423 e. The summed E-state index contributed by atoms with van der Waals surface area (Å²) in [6.45, 7) is 5.87. The first-order chi connectivity index (χ1) is 17.2. The molecule has 3 aliphatic rings. The van der Waals surface area contributed by atoms with Gasteiger partial charge in [-0.15, -0.1) is 0 Å². The van der Waals surface area contributed by atoms with Crippen molar-refractivity contribution in [2.24, 2.45) is 0 Å². The van der Waals surface area contributed by atoms with Crippen molar-refractivity contribution >= 4 is 73.7 Å².